The van der Waals surface area contributed by atoms with Gasteiger partial charge in [0.05, 0.1) is 24.8 Å². The maximum atomic E-state index is 14.5. The highest BCUT2D eigenvalue weighted by Gasteiger charge is 2.42. The number of carbonyl (C=O) groups is 2. The van der Waals surface area contributed by atoms with Crippen LogP contribution in [0.2, 0.25) is 0 Å². The summed E-state index contributed by atoms with van der Waals surface area (Å²) in [5, 5.41) is 18.9. The summed E-state index contributed by atoms with van der Waals surface area (Å²) in [5.41, 5.74) is 2.51. The molecule has 1 aliphatic heterocycles. The Hall–Kier alpha value is -4.18. The van der Waals surface area contributed by atoms with E-state index in [2.05, 4.69) is 6.07 Å². The molecule has 1 saturated heterocycles. The number of carboxylic acids is 1. The monoisotopic (exact) mass is 444 g/mol. The van der Waals surface area contributed by atoms with Crippen molar-refractivity contribution in [2.24, 2.45) is 0 Å². The van der Waals surface area contributed by atoms with Gasteiger partial charge in [-0.3, -0.25) is 4.79 Å². The third kappa shape index (κ3) is 4.15. The summed E-state index contributed by atoms with van der Waals surface area (Å²) in [6, 6.07) is 18.2. The Labute approximate surface area is 190 Å². The first kappa shape index (κ1) is 22.0. The smallest absolute Gasteiger partial charge is 0.326 e. The van der Waals surface area contributed by atoms with E-state index in [4.69, 9.17) is 4.74 Å². The number of carbonyl (C=O) groups excluding carboxylic acids is 1. The van der Waals surface area contributed by atoms with E-state index in [0.717, 1.165) is 5.56 Å². The van der Waals surface area contributed by atoms with Gasteiger partial charge in [0.25, 0.3) is 5.91 Å². The van der Waals surface area contributed by atoms with Crippen molar-refractivity contribution in [2.45, 2.75) is 24.9 Å². The standard InChI is InChI=1S/C26H21FN2O4/c1-33-24-13-6-16(15-28)14-20(24)17-7-9-18(10-8-17)25(30)29-22(11-12-23(29)26(31)32)19-4-2-3-5-21(19)27/h2-10,13-14,22-23H,11-12H2,1H3,(H,31,32)/t22-,23+/m1/s1. The lowest BCUT2D eigenvalue weighted by Gasteiger charge is -2.29. The van der Waals surface area contributed by atoms with Crippen LogP contribution in [-0.2, 0) is 4.79 Å². The maximum Gasteiger partial charge on any atom is 0.326 e. The van der Waals surface area contributed by atoms with Crippen LogP contribution >= 0.6 is 0 Å². The third-order valence-corrected chi connectivity index (χ3v) is 5.94. The molecule has 4 rings (SSSR count). The highest BCUT2D eigenvalue weighted by molar-refractivity contribution is 5.97. The molecule has 6 nitrogen and oxygen atoms in total. The van der Waals surface area contributed by atoms with Gasteiger partial charge in [0.2, 0.25) is 0 Å². The van der Waals surface area contributed by atoms with Crippen LogP contribution < -0.4 is 4.74 Å². The Morgan fingerprint density at radius 3 is 2.45 bits per heavy atom. The number of carboxylic acid groups (broad SMARTS) is 1. The molecule has 2 atom stereocenters. The summed E-state index contributed by atoms with van der Waals surface area (Å²) in [6.07, 6.45) is 0.607. The van der Waals surface area contributed by atoms with Crippen LogP contribution in [-0.4, -0.2) is 35.0 Å². The Kier molecular flexibility index (Phi) is 6.09. The molecule has 0 bridgehead atoms. The minimum absolute atomic E-state index is 0.246. The number of nitrogens with zero attached hydrogens (tertiary/aromatic N) is 2. The number of hydrogen-bond acceptors (Lipinski definition) is 4. The number of nitriles is 1. The number of ether oxygens (including phenoxy) is 1. The van der Waals surface area contributed by atoms with Gasteiger partial charge < -0.3 is 14.7 Å². The second kappa shape index (κ2) is 9.13. The second-order valence-electron chi connectivity index (χ2n) is 7.79. The average Bonchev–Trinajstić information content (AvgIpc) is 3.29. The molecule has 3 aromatic carbocycles. The van der Waals surface area contributed by atoms with Gasteiger partial charge in [-0.15, -0.1) is 0 Å². The Balaban J connectivity index is 1.69. The first-order valence-corrected chi connectivity index (χ1v) is 10.4. The lowest BCUT2D eigenvalue weighted by molar-refractivity contribution is -0.141. The van der Waals surface area contributed by atoms with Crippen molar-refractivity contribution in [1.29, 1.82) is 5.26 Å². The summed E-state index contributed by atoms with van der Waals surface area (Å²) in [7, 11) is 1.53. The molecule has 0 aromatic heterocycles. The molecule has 0 unspecified atom stereocenters. The minimum Gasteiger partial charge on any atom is -0.496 e. The highest BCUT2D eigenvalue weighted by Crippen LogP contribution is 2.39. The van der Waals surface area contributed by atoms with Crippen LogP contribution in [0.5, 0.6) is 5.75 Å². The van der Waals surface area contributed by atoms with Crippen molar-refractivity contribution in [1.82, 2.24) is 4.90 Å². The lowest BCUT2D eigenvalue weighted by atomic mass is 10.00. The molecule has 1 aliphatic rings. The van der Waals surface area contributed by atoms with Gasteiger partial charge >= 0.3 is 5.97 Å². The van der Waals surface area contributed by atoms with Crippen molar-refractivity contribution in [3.8, 4) is 22.9 Å². The predicted molar refractivity (Wildman–Crippen MR) is 119 cm³/mol. The molecule has 1 heterocycles. The SMILES string of the molecule is COc1ccc(C#N)cc1-c1ccc(C(=O)N2[C@@H](c3ccccc3F)CC[C@H]2C(=O)O)cc1. The molecule has 0 spiro atoms. The van der Waals surface area contributed by atoms with Crippen LogP contribution in [0.3, 0.4) is 0 Å². The molecule has 0 radical (unpaired) electrons. The second-order valence-corrected chi connectivity index (χ2v) is 7.79. The van der Waals surface area contributed by atoms with E-state index in [9.17, 15) is 24.3 Å². The normalized spacial score (nSPS) is 17.4. The third-order valence-electron chi connectivity index (χ3n) is 5.94. The van der Waals surface area contributed by atoms with Crippen molar-refractivity contribution < 1.29 is 23.8 Å². The van der Waals surface area contributed by atoms with Crippen LogP contribution in [0.4, 0.5) is 4.39 Å². The predicted octanol–water partition coefficient (Wildman–Crippen LogP) is 4.80. The molecule has 0 saturated carbocycles. The fourth-order valence-corrected chi connectivity index (χ4v) is 4.33. The first-order chi connectivity index (χ1) is 15.9. The molecule has 3 aromatic rings. The zero-order chi connectivity index (χ0) is 23.5. The fourth-order valence-electron chi connectivity index (χ4n) is 4.33. The quantitative estimate of drug-likeness (QED) is 0.610. The zero-order valence-corrected chi connectivity index (χ0v) is 17.9. The summed E-state index contributed by atoms with van der Waals surface area (Å²) in [6.45, 7) is 0. The number of hydrogen-bond donors (Lipinski definition) is 1. The van der Waals surface area contributed by atoms with Crippen molar-refractivity contribution in [3.63, 3.8) is 0 Å². The van der Waals surface area contributed by atoms with Gasteiger partial charge in [-0.2, -0.15) is 5.26 Å². The maximum absolute atomic E-state index is 14.5. The van der Waals surface area contributed by atoms with Gasteiger partial charge in [0.15, 0.2) is 0 Å². The van der Waals surface area contributed by atoms with Crippen molar-refractivity contribution >= 4 is 11.9 Å². The Morgan fingerprint density at radius 2 is 1.82 bits per heavy atom. The zero-order valence-electron chi connectivity index (χ0n) is 17.9. The van der Waals surface area contributed by atoms with Crippen LogP contribution in [0.15, 0.2) is 66.7 Å². The van der Waals surface area contributed by atoms with Crippen molar-refractivity contribution in [2.75, 3.05) is 7.11 Å². The highest BCUT2D eigenvalue weighted by atomic mass is 19.1. The van der Waals surface area contributed by atoms with E-state index >= 15 is 0 Å². The number of likely N-dealkylation sites (tertiary alicyclic amines) is 1. The van der Waals surface area contributed by atoms with E-state index in [0.29, 0.717) is 34.4 Å². The molecule has 1 fully saturated rings. The molecule has 7 heteroatoms. The number of aliphatic carboxylic acids is 1. The van der Waals surface area contributed by atoms with Gasteiger partial charge in [-0.25, -0.2) is 9.18 Å². The van der Waals surface area contributed by atoms with E-state index in [1.807, 2.05) is 0 Å². The molecular weight excluding hydrogens is 423 g/mol. The van der Waals surface area contributed by atoms with Gasteiger partial charge in [-0.1, -0.05) is 30.3 Å². The van der Waals surface area contributed by atoms with Crippen LogP contribution in [0, 0.1) is 17.1 Å². The van der Waals surface area contributed by atoms with E-state index in [1.54, 1.807) is 60.7 Å². The molecule has 166 valence electrons. The van der Waals surface area contributed by atoms with Crippen LogP contribution in [0.1, 0.15) is 40.4 Å². The summed E-state index contributed by atoms with van der Waals surface area (Å²) >= 11 is 0. The molecule has 1 N–H and O–H groups in total. The summed E-state index contributed by atoms with van der Waals surface area (Å²) in [4.78, 5) is 26.5. The minimum atomic E-state index is -1.11. The molecule has 33 heavy (non-hydrogen) atoms. The van der Waals surface area contributed by atoms with Gasteiger partial charge in [0.1, 0.15) is 17.6 Å². The van der Waals surface area contributed by atoms with Gasteiger partial charge in [-0.05, 0) is 54.8 Å². The largest absolute Gasteiger partial charge is 0.496 e. The average molecular weight is 444 g/mol. The van der Waals surface area contributed by atoms with E-state index in [-0.39, 0.29) is 6.42 Å². The topological polar surface area (TPSA) is 90.6 Å². The summed E-state index contributed by atoms with van der Waals surface area (Å²) < 4.78 is 19.9. The molecular formula is C26H21FN2O4. The Bertz CT molecular complexity index is 1250. The fraction of sp³-hybridized carbons (Fsp3) is 0.192. The van der Waals surface area contributed by atoms with Crippen molar-refractivity contribution in [3.05, 3.63) is 89.2 Å². The van der Waals surface area contributed by atoms with Crippen LogP contribution in [0.25, 0.3) is 11.1 Å². The van der Waals surface area contributed by atoms with Gasteiger partial charge in [0, 0.05) is 16.7 Å². The lowest BCUT2D eigenvalue weighted by Crippen LogP contribution is -2.42. The molecule has 1 amide bonds. The first-order valence-electron chi connectivity index (χ1n) is 10.4. The number of amides is 1. The number of benzene rings is 3. The summed E-state index contributed by atoms with van der Waals surface area (Å²) in [5.74, 6) is -1.47. The number of halogens is 1. The number of rotatable bonds is 5. The molecule has 0 aliphatic carbocycles. The Morgan fingerprint density at radius 1 is 1.09 bits per heavy atom. The number of methoxy groups -OCH3 is 1. The van der Waals surface area contributed by atoms with E-state index < -0.39 is 29.8 Å². The van der Waals surface area contributed by atoms with E-state index in [1.165, 1.54) is 18.1 Å².